The Balaban J connectivity index is 2.35. The molecule has 1 aliphatic rings. The fraction of sp³-hybridized carbons (Fsp3) is 1.00. The van der Waals surface area contributed by atoms with Crippen LogP contribution in [0.3, 0.4) is 0 Å². The summed E-state index contributed by atoms with van der Waals surface area (Å²) in [5, 5.41) is 9.13. The third kappa shape index (κ3) is 2.76. The molecular weight excluding hydrogens is 150 g/mol. The molecule has 1 aliphatic heterocycles. The van der Waals surface area contributed by atoms with Gasteiger partial charge in [0.05, 0.1) is 6.61 Å². The minimum absolute atomic E-state index is 0.330. The van der Waals surface area contributed by atoms with Crippen molar-refractivity contribution >= 4 is 0 Å². The predicted molar refractivity (Wildman–Crippen MR) is 51.2 cm³/mol. The second-order valence-electron chi connectivity index (χ2n) is 3.69. The van der Waals surface area contributed by atoms with Gasteiger partial charge >= 0.3 is 0 Å². The molecule has 0 unspecified atom stereocenters. The zero-order valence-electron chi connectivity index (χ0n) is 8.13. The van der Waals surface area contributed by atoms with Gasteiger partial charge in [0.2, 0.25) is 0 Å². The number of hydrogen-bond acceptors (Lipinski definition) is 2. The molecule has 1 saturated heterocycles. The molecule has 0 spiro atoms. The van der Waals surface area contributed by atoms with Crippen molar-refractivity contribution in [2.24, 2.45) is 0 Å². The second kappa shape index (κ2) is 5.55. The van der Waals surface area contributed by atoms with Crippen LogP contribution >= 0.6 is 0 Å². The molecule has 72 valence electrons. The maximum Gasteiger partial charge on any atom is 0.0586 e. The number of aliphatic hydroxyl groups excluding tert-OH is 1. The summed E-state index contributed by atoms with van der Waals surface area (Å²) in [4.78, 5) is 2.45. The molecule has 1 heterocycles. The summed E-state index contributed by atoms with van der Waals surface area (Å²) in [5.41, 5.74) is 0. The van der Waals surface area contributed by atoms with Gasteiger partial charge in [0.25, 0.3) is 0 Å². The molecule has 1 N–H and O–H groups in total. The summed E-state index contributed by atoms with van der Waals surface area (Å²) in [7, 11) is 0. The third-order valence-electron chi connectivity index (χ3n) is 2.84. The van der Waals surface area contributed by atoms with Crippen molar-refractivity contribution in [2.75, 3.05) is 19.7 Å². The maximum atomic E-state index is 9.13. The van der Waals surface area contributed by atoms with Crippen LogP contribution in [0.15, 0.2) is 0 Å². The SMILES string of the molecule is CC[C@@H](CO)N1CCCCCC1. The lowest BCUT2D eigenvalue weighted by atomic mass is 10.2. The van der Waals surface area contributed by atoms with Crippen LogP contribution < -0.4 is 0 Å². The summed E-state index contributed by atoms with van der Waals surface area (Å²) in [6.07, 6.45) is 6.46. The molecule has 12 heavy (non-hydrogen) atoms. The van der Waals surface area contributed by atoms with E-state index in [0.717, 1.165) is 6.42 Å². The summed E-state index contributed by atoms with van der Waals surface area (Å²) < 4.78 is 0. The molecule has 2 nitrogen and oxygen atoms in total. The largest absolute Gasteiger partial charge is 0.395 e. The van der Waals surface area contributed by atoms with Crippen LogP contribution in [0, 0.1) is 0 Å². The first-order valence-electron chi connectivity index (χ1n) is 5.23. The van der Waals surface area contributed by atoms with Gasteiger partial charge in [0.1, 0.15) is 0 Å². The molecule has 0 aromatic rings. The van der Waals surface area contributed by atoms with Gasteiger partial charge in [-0.1, -0.05) is 19.8 Å². The molecular formula is C10H21NO. The number of aliphatic hydroxyl groups is 1. The monoisotopic (exact) mass is 171 g/mol. The first kappa shape index (κ1) is 10.0. The smallest absolute Gasteiger partial charge is 0.0586 e. The molecule has 2 heteroatoms. The van der Waals surface area contributed by atoms with Gasteiger partial charge in [-0.05, 0) is 32.4 Å². The minimum Gasteiger partial charge on any atom is -0.395 e. The van der Waals surface area contributed by atoms with Crippen LogP contribution in [0.5, 0.6) is 0 Å². The van der Waals surface area contributed by atoms with E-state index in [4.69, 9.17) is 5.11 Å². The van der Waals surface area contributed by atoms with Gasteiger partial charge in [-0.2, -0.15) is 0 Å². The second-order valence-corrected chi connectivity index (χ2v) is 3.69. The Morgan fingerprint density at radius 2 is 1.75 bits per heavy atom. The lowest BCUT2D eigenvalue weighted by Gasteiger charge is -2.27. The van der Waals surface area contributed by atoms with E-state index in [2.05, 4.69) is 11.8 Å². The van der Waals surface area contributed by atoms with E-state index in [-0.39, 0.29) is 0 Å². The Morgan fingerprint density at radius 1 is 1.17 bits per heavy atom. The van der Waals surface area contributed by atoms with Gasteiger partial charge in [0.15, 0.2) is 0 Å². The Bertz CT molecular complexity index is 104. The predicted octanol–water partition coefficient (Wildman–Crippen LogP) is 1.63. The first-order valence-corrected chi connectivity index (χ1v) is 5.23. The molecule has 0 bridgehead atoms. The minimum atomic E-state index is 0.330. The van der Waals surface area contributed by atoms with E-state index in [0.29, 0.717) is 12.6 Å². The van der Waals surface area contributed by atoms with Crippen LogP contribution in [0.2, 0.25) is 0 Å². The van der Waals surface area contributed by atoms with Crippen molar-refractivity contribution in [1.82, 2.24) is 4.90 Å². The van der Waals surface area contributed by atoms with Crippen molar-refractivity contribution in [3.05, 3.63) is 0 Å². The van der Waals surface area contributed by atoms with Gasteiger partial charge in [-0.3, -0.25) is 4.90 Å². The van der Waals surface area contributed by atoms with E-state index >= 15 is 0 Å². The van der Waals surface area contributed by atoms with Crippen LogP contribution in [0.4, 0.5) is 0 Å². The summed E-state index contributed by atoms with van der Waals surface area (Å²) in [6.45, 7) is 4.88. The van der Waals surface area contributed by atoms with Crippen LogP contribution in [-0.4, -0.2) is 35.7 Å². The molecule has 0 radical (unpaired) electrons. The number of rotatable bonds is 3. The first-order chi connectivity index (χ1) is 5.88. The zero-order chi connectivity index (χ0) is 8.81. The number of likely N-dealkylation sites (tertiary alicyclic amines) is 1. The third-order valence-corrected chi connectivity index (χ3v) is 2.84. The lowest BCUT2D eigenvalue weighted by Crippen LogP contribution is -2.38. The van der Waals surface area contributed by atoms with Crippen LogP contribution in [0.25, 0.3) is 0 Å². The highest BCUT2D eigenvalue weighted by molar-refractivity contribution is 4.71. The van der Waals surface area contributed by atoms with Crippen molar-refractivity contribution in [2.45, 2.75) is 45.1 Å². The molecule has 0 aromatic heterocycles. The van der Waals surface area contributed by atoms with Crippen LogP contribution in [0.1, 0.15) is 39.0 Å². The Hall–Kier alpha value is -0.0800. The maximum absolute atomic E-state index is 9.13. The highest BCUT2D eigenvalue weighted by atomic mass is 16.3. The normalized spacial score (nSPS) is 23.5. The van der Waals surface area contributed by atoms with E-state index < -0.39 is 0 Å². The highest BCUT2D eigenvalue weighted by Crippen LogP contribution is 2.13. The van der Waals surface area contributed by atoms with Gasteiger partial charge in [0, 0.05) is 6.04 Å². The summed E-state index contributed by atoms with van der Waals surface area (Å²) in [6, 6.07) is 0.420. The molecule has 1 atom stereocenters. The highest BCUT2D eigenvalue weighted by Gasteiger charge is 2.16. The van der Waals surface area contributed by atoms with Crippen molar-refractivity contribution in [3.63, 3.8) is 0 Å². The van der Waals surface area contributed by atoms with Crippen molar-refractivity contribution in [3.8, 4) is 0 Å². The van der Waals surface area contributed by atoms with Crippen molar-refractivity contribution < 1.29 is 5.11 Å². The molecule has 0 aromatic carbocycles. The Labute approximate surface area is 75.6 Å². The van der Waals surface area contributed by atoms with Gasteiger partial charge in [-0.15, -0.1) is 0 Å². The Kier molecular flexibility index (Phi) is 4.62. The average Bonchev–Trinajstić information content (AvgIpc) is 2.35. The lowest BCUT2D eigenvalue weighted by molar-refractivity contribution is 0.123. The molecule has 1 fully saturated rings. The standard InChI is InChI=1S/C10H21NO/c1-2-10(9-12)11-7-5-3-4-6-8-11/h10,12H,2-9H2,1H3/t10-/m0/s1. The van der Waals surface area contributed by atoms with Crippen molar-refractivity contribution in [1.29, 1.82) is 0 Å². The van der Waals surface area contributed by atoms with E-state index in [1.54, 1.807) is 0 Å². The van der Waals surface area contributed by atoms with Gasteiger partial charge in [-0.25, -0.2) is 0 Å². The molecule has 1 rings (SSSR count). The van der Waals surface area contributed by atoms with E-state index in [1.165, 1.54) is 38.8 Å². The topological polar surface area (TPSA) is 23.5 Å². The quantitative estimate of drug-likeness (QED) is 0.697. The van der Waals surface area contributed by atoms with E-state index in [9.17, 15) is 0 Å². The average molecular weight is 171 g/mol. The number of hydrogen-bond donors (Lipinski definition) is 1. The number of nitrogens with zero attached hydrogens (tertiary/aromatic N) is 1. The summed E-state index contributed by atoms with van der Waals surface area (Å²) >= 11 is 0. The fourth-order valence-corrected chi connectivity index (χ4v) is 1.96. The zero-order valence-corrected chi connectivity index (χ0v) is 8.13. The van der Waals surface area contributed by atoms with Crippen LogP contribution in [-0.2, 0) is 0 Å². The Morgan fingerprint density at radius 3 is 2.17 bits per heavy atom. The van der Waals surface area contributed by atoms with Gasteiger partial charge < -0.3 is 5.11 Å². The molecule has 0 amide bonds. The molecule has 0 aliphatic carbocycles. The fourth-order valence-electron chi connectivity index (χ4n) is 1.96. The van der Waals surface area contributed by atoms with E-state index in [1.807, 2.05) is 0 Å². The summed E-state index contributed by atoms with van der Waals surface area (Å²) in [5.74, 6) is 0. The molecule has 0 saturated carbocycles.